The Balaban J connectivity index is 1.26. The van der Waals surface area contributed by atoms with E-state index in [0.717, 1.165) is 25.0 Å². The van der Waals surface area contributed by atoms with E-state index in [9.17, 15) is 4.79 Å². The Kier molecular flexibility index (Phi) is 5.49. The van der Waals surface area contributed by atoms with Gasteiger partial charge in [-0.1, -0.05) is 11.8 Å². The Morgan fingerprint density at radius 3 is 2.89 bits per heavy atom. The summed E-state index contributed by atoms with van der Waals surface area (Å²) in [5.41, 5.74) is 6.30. The van der Waals surface area contributed by atoms with Crippen LogP contribution < -0.4 is 11.1 Å². The highest BCUT2D eigenvalue weighted by Gasteiger charge is 2.53. The van der Waals surface area contributed by atoms with E-state index < -0.39 is 11.4 Å². The number of fused-ring (bicyclic) bond motifs is 1. The molecule has 3 unspecified atom stereocenters. The number of hydrogen-bond donors (Lipinski definition) is 2. The highest BCUT2D eigenvalue weighted by molar-refractivity contribution is 8.13. The SMILES string of the molecule is NC1=NC2(c3cc(NC(=O)c4cnc(-n5cncn5)cn4)ccc3F)CC(OC3CC3)CC2CS1. The van der Waals surface area contributed by atoms with Crippen molar-refractivity contribution >= 4 is 28.5 Å². The Morgan fingerprint density at radius 2 is 2.14 bits per heavy atom. The second-order valence-corrected chi connectivity index (χ2v) is 10.1. The molecule has 0 radical (unpaired) electrons. The van der Waals surface area contributed by atoms with E-state index in [1.165, 1.54) is 53.6 Å². The standard InChI is InChI=1S/C23H23FN8O2S/c24-18-4-1-14(30-21(33)19-8-28-20(9-27-19)32-12-26-11-29-32)6-17(18)23-7-16(34-15-2-3-15)5-13(23)10-35-22(25)31-23/h1,4,6,8-9,11-13,15-16H,2-3,5,7,10H2,(H2,25,31)(H,30,33). The van der Waals surface area contributed by atoms with Gasteiger partial charge in [-0.15, -0.1) is 0 Å². The van der Waals surface area contributed by atoms with Crippen molar-refractivity contribution < 1.29 is 13.9 Å². The first kappa shape index (κ1) is 22.1. The Morgan fingerprint density at radius 1 is 1.26 bits per heavy atom. The van der Waals surface area contributed by atoms with Gasteiger partial charge in [0.2, 0.25) is 0 Å². The number of nitrogens with zero attached hydrogens (tertiary/aromatic N) is 6. The van der Waals surface area contributed by atoms with Crippen LogP contribution >= 0.6 is 11.8 Å². The van der Waals surface area contributed by atoms with Crippen molar-refractivity contribution in [3.8, 4) is 5.82 Å². The summed E-state index contributed by atoms with van der Waals surface area (Å²) in [6.07, 6.45) is 9.50. The number of nitrogens with two attached hydrogens (primary N) is 1. The third-order valence-electron chi connectivity index (χ3n) is 6.63. The number of nitrogens with one attached hydrogen (secondary N) is 1. The van der Waals surface area contributed by atoms with Gasteiger partial charge >= 0.3 is 0 Å². The van der Waals surface area contributed by atoms with Gasteiger partial charge in [0.15, 0.2) is 11.0 Å². The average molecular weight is 495 g/mol. The number of carbonyl (C=O) groups excluding carboxylic acids is 1. The summed E-state index contributed by atoms with van der Waals surface area (Å²) >= 11 is 1.50. The van der Waals surface area contributed by atoms with Gasteiger partial charge in [0, 0.05) is 29.3 Å². The molecule has 3 aliphatic rings. The molecule has 1 aromatic carbocycles. The minimum Gasteiger partial charge on any atom is -0.379 e. The number of ether oxygens (including phenoxy) is 1. The number of aliphatic imine (C=N–C) groups is 1. The predicted molar refractivity (Wildman–Crippen MR) is 128 cm³/mol. The molecule has 2 aromatic heterocycles. The molecule has 1 aliphatic heterocycles. The number of amidine groups is 1. The molecule has 6 rings (SSSR count). The van der Waals surface area contributed by atoms with Crippen molar-refractivity contribution in [3.05, 3.63) is 60.3 Å². The van der Waals surface area contributed by atoms with E-state index in [1.807, 2.05) is 0 Å². The zero-order valence-electron chi connectivity index (χ0n) is 18.7. The predicted octanol–water partition coefficient (Wildman–Crippen LogP) is 2.66. The monoisotopic (exact) mass is 494 g/mol. The van der Waals surface area contributed by atoms with Crippen molar-refractivity contribution in [2.45, 2.75) is 43.4 Å². The summed E-state index contributed by atoms with van der Waals surface area (Å²) in [5.74, 6) is 0.449. The van der Waals surface area contributed by atoms with Gasteiger partial charge in [-0.25, -0.2) is 24.0 Å². The number of aromatic nitrogens is 5. The molecule has 3 heterocycles. The fourth-order valence-corrected chi connectivity index (χ4v) is 5.86. The molecule has 2 saturated carbocycles. The van der Waals surface area contributed by atoms with Gasteiger partial charge in [-0.05, 0) is 37.5 Å². The molecule has 2 aliphatic carbocycles. The number of rotatable bonds is 6. The Hall–Kier alpha value is -3.38. The van der Waals surface area contributed by atoms with Gasteiger partial charge in [0.1, 0.15) is 24.2 Å². The summed E-state index contributed by atoms with van der Waals surface area (Å²) in [4.78, 5) is 29.9. The Bertz CT molecular complexity index is 1280. The van der Waals surface area contributed by atoms with Gasteiger partial charge in [-0.3, -0.25) is 9.79 Å². The first-order chi connectivity index (χ1) is 17.0. The molecule has 35 heavy (non-hydrogen) atoms. The Labute approximate surface area is 204 Å². The van der Waals surface area contributed by atoms with Crippen LogP contribution in [0.1, 0.15) is 41.7 Å². The normalized spacial score (nSPS) is 25.7. The lowest BCUT2D eigenvalue weighted by Crippen LogP contribution is -2.37. The summed E-state index contributed by atoms with van der Waals surface area (Å²) in [5, 5.41) is 7.23. The summed E-state index contributed by atoms with van der Waals surface area (Å²) in [6.45, 7) is 0. The molecule has 10 nitrogen and oxygen atoms in total. The van der Waals surface area contributed by atoms with E-state index >= 15 is 4.39 Å². The second-order valence-electron chi connectivity index (χ2n) is 9.03. The first-order valence-corrected chi connectivity index (χ1v) is 12.4. The molecule has 1 amide bonds. The number of halogens is 1. The van der Waals surface area contributed by atoms with Crippen LogP contribution in [0.5, 0.6) is 0 Å². The lowest BCUT2D eigenvalue weighted by Gasteiger charge is -2.36. The van der Waals surface area contributed by atoms with Crippen LogP contribution in [0.3, 0.4) is 0 Å². The van der Waals surface area contributed by atoms with Crippen LogP contribution in [0.15, 0.2) is 48.2 Å². The van der Waals surface area contributed by atoms with E-state index in [1.54, 1.807) is 6.07 Å². The molecule has 2 fully saturated rings. The van der Waals surface area contributed by atoms with Crippen LogP contribution in [0, 0.1) is 11.7 Å². The zero-order chi connectivity index (χ0) is 24.0. The molecule has 0 saturated heterocycles. The van der Waals surface area contributed by atoms with Crippen molar-refractivity contribution in [3.63, 3.8) is 0 Å². The number of carbonyl (C=O) groups is 1. The minimum absolute atomic E-state index is 0.0131. The van der Waals surface area contributed by atoms with Crippen molar-refractivity contribution in [1.82, 2.24) is 24.7 Å². The van der Waals surface area contributed by atoms with Crippen LogP contribution in [-0.4, -0.2) is 53.8 Å². The van der Waals surface area contributed by atoms with Gasteiger partial charge < -0.3 is 15.8 Å². The maximum absolute atomic E-state index is 15.2. The summed E-state index contributed by atoms with van der Waals surface area (Å²) in [6, 6.07) is 4.54. The maximum atomic E-state index is 15.2. The number of benzene rings is 1. The van der Waals surface area contributed by atoms with Crippen LogP contribution in [0.2, 0.25) is 0 Å². The average Bonchev–Trinajstić information content (AvgIpc) is 3.35. The van der Waals surface area contributed by atoms with Crippen molar-refractivity contribution in [1.29, 1.82) is 0 Å². The van der Waals surface area contributed by atoms with E-state index in [-0.39, 0.29) is 23.5 Å². The fourth-order valence-electron chi connectivity index (χ4n) is 4.85. The fraction of sp³-hybridized carbons (Fsp3) is 0.391. The highest BCUT2D eigenvalue weighted by Crippen LogP contribution is 2.53. The quantitative estimate of drug-likeness (QED) is 0.534. The highest BCUT2D eigenvalue weighted by atomic mass is 32.2. The molecule has 0 bridgehead atoms. The van der Waals surface area contributed by atoms with E-state index in [2.05, 4.69) is 25.4 Å². The van der Waals surface area contributed by atoms with Crippen molar-refractivity contribution in [2.24, 2.45) is 16.6 Å². The molecule has 3 N–H and O–H groups in total. The van der Waals surface area contributed by atoms with Gasteiger partial charge in [-0.2, -0.15) is 5.10 Å². The number of thioether (sulfide) groups is 1. The third-order valence-corrected chi connectivity index (χ3v) is 7.58. The minimum atomic E-state index is -0.807. The summed E-state index contributed by atoms with van der Waals surface area (Å²) < 4.78 is 22.9. The third kappa shape index (κ3) is 4.27. The number of amides is 1. The van der Waals surface area contributed by atoms with Crippen LogP contribution in [0.4, 0.5) is 10.1 Å². The first-order valence-electron chi connectivity index (χ1n) is 11.4. The molecule has 12 heteroatoms. The van der Waals surface area contributed by atoms with Crippen LogP contribution in [0.25, 0.3) is 5.82 Å². The lowest BCUT2D eigenvalue weighted by molar-refractivity contribution is 0.0401. The molecule has 180 valence electrons. The summed E-state index contributed by atoms with van der Waals surface area (Å²) in [7, 11) is 0. The second kappa shape index (κ2) is 8.68. The van der Waals surface area contributed by atoms with Crippen LogP contribution in [-0.2, 0) is 10.3 Å². The lowest BCUT2D eigenvalue weighted by atomic mass is 9.81. The smallest absolute Gasteiger partial charge is 0.275 e. The maximum Gasteiger partial charge on any atom is 0.275 e. The molecular weight excluding hydrogens is 471 g/mol. The number of anilines is 1. The zero-order valence-corrected chi connectivity index (χ0v) is 19.5. The largest absolute Gasteiger partial charge is 0.379 e. The van der Waals surface area contributed by atoms with Gasteiger partial charge in [0.05, 0.1) is 30.1 Å². The molecule has 3 aromatic rings. The van der Waals surface area contributed by atoms with E-state index in [0.29, 0.717) is 34.8 Å². The molecule has 0 spiro atoms. The van der Waals surface area contributed by atoms with Crippen molar-refractivity contribution in [2.75, 3.05) is 11.1 Å². The topological polar surface area (TPSA) is 133 Å². The molecule has 3 atom stereocenters. The number of hydrogen-bond acceptors (Lipinski definition) is 9. The van der Waals surface area contributed by atoms with Gasteiger partial charge in [0.25, 0.3) is 5.91 Å². The van der Waals surface area contributed by atoms with E-state index in [4.69, 9.17) is 15.5 Å². The molecular formula is C23H23FN8O2S.